The van der Waals surface area contributed by atoms with E-state index in [1.165, 1.54) is 0 Å². The average Bonchev–Trinajstić information content (AvgIpc) is 2.64. The number of nitrogens with one attached hydrogen (secondary N) is 1. The number of hydrogen-bond donors (Lipinski definition) is 2. The van der Waals surface area contributed by atoms with Gasteiger partial charge in [-0.2, -0.15) is 0 Å². The Morgan fingerprint density at radius 1 is 1.28 bits per heavy atom. The largest absolute Gasteiger partial charge is 0.353 e. The molecule has 0 spiro atoms. The molecular formula is C12H22N2O3S. The monoisotopic (exact) mass is 274 g/mol. The first-order valence-electron chi connectivity index (χ1n) is 6.60. The molecule has 1 heterocycles. The Balaban J connectivity index is 1.93. The van der Waals surface area contributed by atoms with Crippen molar-refractivity contribution in [3.05, 3.63) is 0 Å². The van der Waals surface area contributed by atoms with Crippen LogP contribution < -0.4 is 11.1 Å². The summed E-state index contributed by atoms with van der Waals surface area (Å²) in [6, 6.07) is -0.0875. The highest BCUT2D eigenvalue weighted by molar-refractivity contribution is 7.91. The third-order valence-electron chi connectivity index (χ3n) is 4.44. The van der Waals surface area contributed by atoms with Crippen molar-refractivity contribution in [1.82, 2.24) is 5.32 Å². The molecule has 2 aliphatic rings. The van der Waals surface area contributed by atoms with Crippen molar-refractivity contribution >= 4 is 15.7 Å². The average molecular weight is 274 g/mol. The summed E-state index contributed by atoms with van der Waals surface area (Å²) in [6.45, 7) is 1.92. The minimum absolute atomic E-state index is 0.00296. The first-order valence-corrected chi connectivity index (χ1v) is 8.43. The normalized spacial score (nSPS) is 36.4. The van der Waals surface area contributed by atoms with E-state index in [2.05, 4.69) is 5.32 Å². The minimum Gasteiger partial charge on any atom is -0.353 e. The van der Waals surface area contributed by atoms with E-state index in [1.807, 2.05) is 6.92 Å². The maximum Gasteiger partial charge on any atom is 0.227 e. The van der Waals surface area contributed by atoms with E-state index in [9.17, 15) is 13.2 Å². The molecule has 0 aromatic heterocycles. The van der Waals surface area contributed by atoms with Gasteiger partial charge in [0.15, 0.2) is 0 Å². The molecule has 3 N–H and O–H groups in total. The third-order valence-corrected chi connectivity index (χ3v) is 6.15. The number of rotatable bonds is 2. The lowest BCUT2D eigenvalue weighted by atomic mass is 9.84. The molecule has 0 radical (unpaired) electrons. The van der Waals surface area contributed by atoms with Crippen LogP contribution in [0.2, 0.25) is 0 Å². The molecule has 6 heteroatoms. The lowest BCUT2D eigenvalue weighted by Crippen LogP contribution is -2.51. The van der Waals surface area contributed by atoms with E-state index in [0.717, 1.165) is 19.3 Å². The molecule has 1 aliphatic carbocycles. The summed E-state index contributed by atoms with van der Waals surface area (Å²) in [5.74, 6) is 0.360. The molecule has 5 nitrogen and oxygen atoms in total. The summed E-state index contributed by atoms with van der Waals surface area (Å²) in [6.07, 6.45) is 3.76. The van der Waals surface area contributed by atoms with E-state index >= 15 is 0 Å². The van der Waals surface area contributed by atoms with Crippen molar-refractivity contribution in [1.29, 1.82) is 0 Å². The highest BCUT2D eigenvalue weighted by Gasteiger charge is 2.43. The quantitative estimate of drug-likeness (QED) is 0.752. The molecule has 2 unspecified atom stereocenters. The van der Waals surface area contributed by atoms with Crippen LogP contribution in [0.1, 0.15) is 39.0 Å². The number of sulfone groups is 1. The summed E-state index contributed by atoms with van der Waals surface area (Å²) < 4.78 is 22.6. The topological polar surface area (TPSA) is 89.3 Å². The number of amides is 1. The number of hydrogen-bond acceptors (Lipinski definition) is 4. The molecule has 1 amide bonds. The lowest BCUT2D eigenvalue weighted by molar-refractivity contribution is -0.131. The standard InChI is InChI=1S/C12H22N2O3S/c1-12(6-2-3-10(12)13)11(15)14-9-4-7-18(16,17)8-5-9/h9-10H,2-8,13H2,1H3,(H,14,15). The number of carbonyl (C=O) groups is 1. The van der Waals surface area contributed by atoms with Crippen molar-refractivity contribution in [2.45, 2.75) is 51.1 Å². The zero-order valence-electron chi connectivity index (χ0n) is 10.8. The molecule has 0 aromatic carbocycles. The Bertz CT molecular complexity index is 421. The second-order valence-electron chi connectivity index (χ2n) is 5.82. The summed E-state index contributed by atoms with van der Waals surface area (Å²) in [4.78, 5) is 12.3. The van der Waals surface area contributed by atoms with Gasteiger partial charge in [-0.3, -0.25) is 4.79 Å². The zero-order chi connectivity index (χ0) is 13.4. The van der Waals surface area contributed by atoms with Crippen molar-refractivity contribution in [2.75, 3.05) is 11.5 Å². The smallest absolute Gasteiger partial charge is 0.227 e. The Labute approximate surface area is 108 Å². The van der Waals surface area contributed by atoms with Crippen molar-refractivity contribution in [3.63, 3.8) is 0 Å². The number of carbonyl (C=O) groups excluding carboxylic acids is 1. The highest BCUT2D eigenvalue weighted by Crippen LogP contribution is 2.37. The molecule has 0 aromatic rings. The van der Waals surface area contributed by atoms with Gasteiger partial charge >= 0.3 is 0 Å². The van der Waals surface area contributed by atoms with Gasteiger partial charge in [-0.1, -0.05) is 6.42 Å². The van der Waals surface area contributed by atoms with Crippen LogP contribution in [0, 0.1) is 5.41 Å². The van der Waals surface area contributed by atoms with Crippen LogP contribution >= 0.6 is 0 Å². The van der Waals surface area contributed by atoms with Gasteiger partial charge in [0.05, 0.1) is 16.9 Å². The van der Waals surface area contributed by atoms with E-state index in [4.69, 9.17) is 5.73 Å². The molecule has 0 bridgehead atoms. The maximum absolute atomic E-state index is 12.3. The fraction of sp³-hybridized carbons (Fsp3) is 0.917. The molecule has 2 rings (SSSR count). The fourth-order valence-electron chi connectivity index (χ4n) is 2.86. The van der Waals surface area contributed by atoms with Crippen LogP contribution in [0.25, 0.3) is 0 Å². The van der Waals surface area contributed by atoms with Crippen LogP contribution in [0.15, 0.2) is 0 Å². The molecule has 104 valence electrons. The third kappa shape index (κ3) is 2.69. The second kappa shape index (κ2) is 4.81. The van der Waals surface area contributed by atoms with Gasteiger partial charge in [0, 0.05) is 12.1 Å². The van der Waals surface area contributed by atoms with Gasteiger partial charge in [-0.25, -0.2) is 8.42 Å². The van der Waals surface area contributed by atoms with E-state index in [-0.39, 0.29) is 29.5 Å². The van der Waals surface area contributed by atoms with E-state index in [1.54, 1.807) is 0 Å². The van der Waals surface area contributed by atoms with E-state index in [0.29, 0.717) is 12.8 Å². The van der Waals surface area contributed by atoms with Gasteiger partial charge in [0.2, 0.25) is 5.91 Å². The molecule has 1 aliphatic heterocycles. The van der Waals surface area contributed by atoms with Crippen molar-refractivity contribution < 1.29 is 13.2 Å². The van der Waals surface area contributed by atoms with Crippen LogP contribution in [0.3, 0.4) is 0 Å². The predicted molar refractivity (Wildman–Crippen MR) is 69.8 cm³/mol. The minimum atomic E-state index is -2.87. The van der Waals surface area contributed by atoms with Crippen molar-refractivity contribution in [2.24, 2.45) is 11.1 Å². The Kier molecular flexibility index (Phi) is 3.69. The first kappa shape index (κ1) is 13.8. The summed E-state index contributed by atoms with van der Waals surface area (Å²) in [5.41, 5.74) is 5.53. The molecule has 1 saturated heterocycles. The summed E-state index contributed by atoms with van der Waals surface area (Å²) in [5, 5.41) is 2.99. The summed E-state index contributed by atoms with van der Waals surface area (Å²) in [7, 11) is -2.87. The Hall–Kier alpha value is -0.620. The van der Waals surface area contributed by atoms with Gasteiger partial charge in [-0.05, 0) is 32.6 Å². The maximum atomic E-state index is 12.3. The molecule has 1 saturated carbocycles. The molecule has 2 atom stereocenters. The first-order chi connectivity index (χ1) is 8.33. The van der Waals surface area contributed by atoms with Gasteiger partial charge in [-0.15, -0.1) is 0 Å². The Morgan fingerprint density at radius 2 is 1.89 bits per heavy atom. The van der Waals surface area contributed by atoms with Crippen molar-refractivity contribution in [3.8, 4) is 0 Å². The van der Waals surface area contributed by atoms with Gasteiger partial charge in [0.1, 0.15) is 9.84 Å². The number of nitrogens with two attached hydrogens (primary N) is 1. The predicted octanol–water partition coefficient (Wildman–Crippen LogP) is 0.197. The Morgan fingerprint density at radius 3 is 2.39 bits per heavy atom. The van der Waals surface area contributed by atoms with Gasteiger partial charge in [0.25, 0.3) is 0 Å². The van der Waals surface area contributed by atoms with Crippen LogP contribution in [-0.4, -0.2) is 37.9 Å². The molecule has 18 heavy (non-hydrogen) atoms. The zero-order valence-corrected chi connectivity index (χ0v) is 11.6. The molecule has 2 fully saturated rings. The lowest BCUT2D eigenvalue weighted by Gasteiger charge is -2.31. The SMILES string of the molecule is CC1(C(=O)NC2CCS(=O)(=O)CC2)CCCC1N. The van der Waals surface area contributed by atoms with Crippen LogP contribution in [-0.2, 0) is 14.6 Å². The van der Waals surface area contributed by atoms with Crippen LogP contribution in [0.5, 0.6) is 0 Å². The fourth-order valence-corrected chi connectivity index (χ4v) is 4.35. The highest BCUT2D eigenvalue weighted by atomic mass is 32.2. The second-order valence-corrected chi connectivity index (χ2v) is 8.12. The van der Waals surface area contributed by atoms with Crippen LogP contribution in [0.4, 0.5) is 0 Å². The molecular weight excluding hydrogens is 252 g/mol. The van der Waals surface area contributed by atoms with Gasteiger partial charge < -0.3 is 11.1 Å². The summed E-state index contributed by atoms with van der Waals surface area (Å²) >= 11 is 0. The van der Waals surface area contributed by atoms with E-state index < -0.39 is 15.3 Å².